The first kappa shape index (κ1) is 55.3. The second kappa shape index (κ2) is 20.6. The third kappa shape index (κ3) is 8.48. The minimum absolute atomic E-state index is 0.0432. The molecule has 0 N–H and O–H groups in total. The van der Waals surface area contributed by atoms with Gasteiger partial charge in [0.25, 0.3) is 6.71 Å². The van der Waals surface area contributed by atoms with Crippen molar-refractivity contribution < 1.29 is 0 Å². The van der Waals surface area contributed by atoms with Crippen molar-refractivity contribution >= 4 is 133 Å². The summed E-state index contributed by atoms with van der Waals surface area (Å²) < 4.78 is 5.00. The van der Waals surface area contributed by atoms with Crippen molar-refractivity contribution in [1.29, 1.82) is 0 Å². The van der Waals surface area contributed by atoms with Crippen molar-refractivity contribution in [3.8, 4) is 44.8 Å². The topological polar surface area (TPSA) is 16.3 Å². The van der Waals surface area contributed by atoms with Crippen LogP contribution in [0.4, 0.5) is 34.1 Å². The van der Waals surface area contributed by atoms with E-state index >= 15 is 0 Å². The molecule has 0 radical (unpaired) electrons. The summed E-state index contributed by atoms with van der Waals surface area (Å²) in [6.45, 7) is 13.9. The van der Waals surface area contributed by atoms with Gasteiger partial charge in [-0.1, -0.05) is 248 Å². The summed E-state index contributed by atoms with van der Waals surface area (Å²) >= 11 is 0. The fourth-order valence-corrected chi connectivity index (χ4v) is 16.3. The zero-order chi connectivity index (χ0) is 63.6. The zero-order valence-corrected chi connectivity index (χ0v) is 54.2. The summed E-state index contributed by atoms with van der Waals surface area (Å²) in [6.07, 6.45) is 0. The van der Waals surface area contributed by atoms with Crippen molar-refractivity contribution in [2.45, 2.75) is 52.4 Å². The predicted molar refractivity (Wildman–Crippen MR) is 407 cm³/mol. The first-order chi connectivity index (χ1) is 46.4. The maximum atomic E-state index is 2.62. The van der Waals surface area contributed by atoms with E-state index in [9.17, 15) is 0 Å². The lowest BCUT2D eigenvalue weighted by Crippen LogP contribution is -2.61. The molecule has 0 saturated carbocycles. The highest BCUT2D eigenvalue weighted by Crippen LogP contribution is 2.50. The molecule has 0 bridgehead atoms. The molecule has 0 aliphatic carbocycles. The maximum absolute atomic E-state index is 2.62. The summed E-state index contributed by atoms with van der Waals surface area (Å²) in [5, 5.41) is 12.7. The Labute approximate surface area is 554 Å². The average molecular weight is 1220 g/mol. The van der Waals surface area contributed by atoms with Gasteiger partial charge in [0, 0.05) is 61.4 Å². The van der Waals surface area contributed by atoms with E-state index < -0.39 is 0 Å². The van der Waals surface area contributed by atoms with Gasteiger partial charge in [0.15, 0.2) is 0 Å². The Balaban J connectivity index is 0.937. The molecular weight excluding hydrogens is 1150 g/mol. The van der Waals surface area contributed by atoms with Crippen molar-refractivity contribution in [3.63, 3.8) is 0 Å². The quantitative estimate of drug-likeness (QED) is 0.117. The number of hydrogen-bond acceptors (Lipinski definition) is 2. The molecule has 2 aromatic heterocycles. The largest absolute Gasteiger partial charge is 0.311 e. The van der Waals surface area contributed by atoms with Crippen LogP contribution in [0.1, 0.15) is 52.7 Å². The molecule has 0 amide bonds. The lowest BCUT2D eigenvalue weighted by atomic mass is 9.33. The van der Waals surface area contributed by atoms with E-state index in [1.807, 2.05) is 0 Å². The molecule has 95 heavy (non-hydrogen) atoms. The van der Waals surface area contributed by atoms with Crippen molar-refractivity contribution in [2.75, 3.05) is 9.80 Å². The van der Waals surface area contributed by atoms with Gasteiger partial charge in [-0.15, -0.1) is 0 Å². The van der Waals surface area contributed by atoms with Gasteiger partial charge in [-0.2, -0.15) is 0 Å². The lowest BCUT2D eigenvalue weighted by molar-refractivity contribution is 0.591. The van der Waals surface area contributed by atoms with Crippen LogP contribution in [0.5, 0.6) is 0 Å². The van der Waals surface area contributed by atoms with Crippen molar-refractivity contribution in [1.82, 2.24) is 9.13 Å². The van der Waals surface area contributed by atoms with Gasteiger partial charge in [-0.25, -0.2) is 0 Å². The first-order valence-corrected chi connectivity index (χ1v) is 33.5. The molecule has 4 heterocycles. The smallest absolute Gasteiger partial charge is 0.252 e. The Hall–Kier alpha value is -11.4. The van der Waals surface area contributed by atoms with Gasteiger partial charge in [-0.3, -0.25) is 0 Å². The van der Waals surface area contributed by atoms with E-state index in [0.717, 1.165) is 56.5 Å². The molecule has 0 unspecified atom stereocenters. The average Bonchev–Trinajstić information content (AvgIpc) is 1.01. The Morgan fingerprint density at radius 1 is 0.263 bits per heavy atom. The summed E-state index contributed by atoms with van der Waals surface area (Å²) in [5.74, 6) is 0. The van der Waals surface area contributed by atoms with Crippen molar-refractivity contribution in [2.24, 2.45) is 0 Å². The van der Waals surface area contributed by atoms with E-state index in [-0.39, 0.29) is 17.5 Å². The molecule has 2 aliphatic rings. The van der Waals surface area contributed by atoms with Gasteiger partial charge in [-0.05, 0) is 195 Å². The van der Waals surface area contributed by atoms with Crippen LogP contribution >= 0.6 is 0 Å². The first-order valence-electron chi connectivity index (χ1n) is 33.5. The molecular formula is C90H67BN4. The normalized spacial score (nSPS) is 13.1. The van der Waals surface area contributed by atoms with E-state index in [0.29, 0.717) is 0 Å². The maximum Gasteiger partial charge on any atom is 0.252 e. The van der Waals surface area contributed by atoms with Crippen LogP contribution in [-0.2, 0) is 10.8 Å². The molecule has 5 heteroatoms. The van der Waals surface area contributed by atoms with E-state index in [1.54, 1.807) is 0 Å². The zero-order valence-electron chi connectivity index (χ0n) is 54.2. The number of fused-ring (bicyclic) bond motifs is 10. The second-order valence-electron chi connectivity index (χ2n) is 28.5. The number of anilines is 6. The lowest BCUT2D eigenvalue weighted by Gasteiger charge is -2.44. The monoisotopic (exact) mass is 1210 g/mol. The highest BCUT2D eigenvalue weighted by Gasteiger charge is 2.44. The molecule has 2 aliphatic heterocycles. The Morgan fingerprint density at radius 3 is 1.14 bits per heavy atom. The van der Waals surface area contributed by atoms with Crippen LogP contribution < -0.4 is 26.2 Å². The van der Waals surface area contributed by atoms with Crippen LogP contribution in [0.25, 0.3) is 121 Å². The van der Waals surface area contributed by atoms with Crippen molar-refractivity contribution in [3.05, 3.63) is 308 Å². The summed E-state index contributed by atoms with van der Waals surface area (Å²) in [7, 11) is 0. The third-order valence-corrected chi connectivity index (χ3v) is 20.9. The summed E-state index contributed by atoms with van der Waals surface area (Å²) in [6, 6.07) is 113. The third-order valence-electron chi connectivity index (χ3n) is 20.9. The number of aromatic nitrogens is 2. The van der Waals surface area contributed by atoms with Crippen LogP contribution in [-0.4, -0.2) is 15.8 Å². The molecule has 0 saturated heterocycles. The molecule has 0 fully saturated rings. The fourth-order valence-electron chi connectivity index (χ4n) is 16.3. The predicted octanol–water partition coefficient (Wildman–Crippen LogP) is 22.5. The van der Waals surface area contributed by atoms with E-state index in [2.05, 4.69) is 358 Å². The Kier molecular flexibility index (Phi) is 12.0. The van der Waals surface area contributed by atoms with Gasteiger partial charge in [0.1, 0.15) is 0 Å². The van der Waals surface area contributed by atoms with E-state index in [4.69, 9.17) is 0 Å². The van der Waals surface area contributed by atoms with Gasteiger partial charge in [0.2, 0.25) is 0 Å². The molecule has 4 nitrogen and oxygen atoms in total. The molecule has 17 aromatic rings. The van der Waals surface area contributed by atoms with Gasteiger partial charge in [0.05, 0.1) is 27.8 Å². The minimum Gasteiger partial charge on any atom is -0.311 e. The Bertz CT molecular complexity index is 5880. The van der Waals surface area contributed by atoms with Crippen LogP contribution in [0.2, 0.25) is 0 Å². The number of nitrogens with zero attached hydrogens (tertiary/aromatic N) is 4. The van der Waals surface area contributed by atoms with Gasteiger partial charge >= 0.3 is 0 Å². The number of benzene rings is 15. The van der Waals surface area contributed by atoms with Crippen LogP contribution in [0.15, 0.2) is 297 Å². The van der Waals surface area contributed by atoms with Crippen LogP contribution in [0, 0.1) is 0 Å². The molecule has 19 rings (SSSR count). The molecule has 450 valence electrons. The SMILES string of the molecule is CC(C)(C)c1cc2ccc3cc(C(C)(C)C)cc4c(-c5ccc6c(c5)N(c5ccc(-c7ccccc7)cc5)c5cc(-n7c8ccccc8c8ccccc87)cc7c5B6c5ccc(-n6c8ccccc8c8ccccc86)cc5N7c5ccc(-c6ccccc6)cc5)cc(c1)c2c34. The highest BCUT2D eigenvalue weighted by atomic mass is 15.2. The van der Waals surface area contributed by atoms with E-state index in [1.165, 1.54) is 126 Å². The summed E-state index contributed by atoms with van der Waals surface area (Å²) in [4.78, 5) is 5.21. The Morgan fingerprint density at radius 2 is 0.642 bits per heavy atom. The number of hydrogen-bond donors (Lipinski definition) is 0. The summed E-state index contributed by atoms with van der Waals surface area (Å²) in [5.41, 5.74) is 27.1. The second-order valence-corrected chi connectivity index (χ2v) is 28.5. The molecule has 15 aromatic carbocycles. The fraction of sp³-hybridized carbons (Fsp3) is 0.0889. The number of para-hydroxylation sites is 4. The standard InChI is InChI=1S/C90H67BN4/c1-89(2,3)64-47-61-33-34-62-48-65(90(4,5)6)52-75-74(50-63(49-64)86(61)87(62)75)60-39-45-76-82(51-60)92(66-40-35-58(36-41-66)56-21-9-7-10-22-56)84-54-69(95-80-31-19-15-27-72(80)73-28-16-20-32-81(73)95)55-85-88(84)91(76)77-46-44-68(94-78-29-17-13-25-70(78)71-26-14-18-30-79(71)94)53-83(77)93(85)67-42-37-59(38-43-67)57-23-11-8-12-24-57/h7-55H,1-6H3. The van der Waals surface area contributed by atoms with Gasteiger partial charge < -0.3 is 18.9 Å². The highest BCUT2D eigenvalue weighted by molar-refractivity contribution is 7.00. The molecule has 0 atom stereocenters. The molecule has 0 spiro atoms. The number of rotatable bonds is 7. The van der Waals surface area contributed by atoms with Crippen LogP contribution in [0.3, 0.4) is 0 Å². The minimum atomic E-state index is -0.168.